The van der Waals surface area contributed by atoms with Gasteiger partial charge < -0.3 is 14.4 Å². The number of aromatic nitrogens is 1. The minimum Gasteiger partial charge on any atom is -0.507 e. The van der Waals surface area contributed by atoms with Crippen LogP contribution in [0, 0.1) is 0 Å². The Morgan fingerprint density at radius 1 is 1.14 bits per heavy atom. The van der Waals surface area contributed by atoms with Crippen LogP contribution in [-0.4, -0.2) is 22.8 Å². The molecule has 0 radical (unpaired) electrons. The van der Waals surface area contributed by atoms with E-state index in [1.165, 1.54) is 7.11 Å². The highest BCUT2D eigenvalue weighted by Crippen LogP contribution is 2.29. The normalized spacial score (nSPS) is 10.7. The van der Waals surface area contributed by atoms with E-state index in [9.17, 15) is 9.90 Å². The van der Waals surface area contributed by atoms with E-state index < -0.39 is 5.97 Å². The smallest absolute Gasteiger partial charge is 0.354 e. The van der Waals surface area contributed by atoms with Crippen LogP contribution in [0.3, 0.4) is 0 Å². The lowest BCUT2D eigenvalue weighted by Gasteiger charge is -2.09. The van der Waals surface area contributed by atoms with Crippen molar-refractivity contribution in [1.82, 2.24) is 4.57 Å². The predicted molar refractivity (Wildman–Crippen MR) is 80.5 cm³/mol. The highest BCUT2D eigenvalue weighted by Gasteiger charge is 2.17. The zero-order valence-electron chi connectivity index (χ0n) is 11.6. The summed E-state index contributed by atoms with van der Waals surface area (Å²) in [6, 6.07) is 16.8. The fourth-order valence-electron chi connectivity index (χ4n) is 2.48. The zero-order valence-corrected chi connectivity index (χ0v) is 11.6. The Labute approximate surface area is 122 Å². The largest absolute Gasteiger partial charge is 0.507 e. The molecule has 0 aliphatic rings. The fourth-order valence-corrected chi connectivity index (χ4v) is 2.48. The third-order valence-corrected chi connectivity index (χ3v) is 3.50. The molecule has 0 atom stereocenters. The molecule has 4 nitrogen and oxygen atoms in total. The molecule has 3 rings (SSSR count). The number of fused-ring (bicyclic) bond motifs is 1. The van der Waals surface area contributed by atoms with Gasteiger partial charge in [-0.15, -0.1) is 0 Å². The summed E-state index contributed by atoms with van der Waals surface area (Å²) in [5.41, 5.74) is 2.31. The van der Waals surface area contributed by atoms with Crippen molar-refractivity contribution in [3.63, 3.8) is 0 Å². The number of nitrogens with zero attached hydrogens (tertiary/aromatic N) is 1. The van der Waals surface area contributed by atoms with Crippen LogP contribution in [0.2, 0.25) is 0 Å². The quantitative estimate of drug-likeness (QED) is 0.750. The van der Waals surface area contributed by atoms with Crippen molar-refractivity contribution in [1.29, 1.82) is 0 Å². The van der Waals surface area contributed by atoms with E-state index in [4.69, 9.17) is 4.74 Å². The molecule has 0 amide bonds. The first-order valence-electron chi connectivity index (χ1n) is 6.64. The molecule has 0 saturated carbocycles. The van der Waals surface area contributed by atoms with E-state index in [0.29, 0.717) is 17.6 Å². The number of hydrogen-bond donors (Lipinski definition) is 1. The number of aromatic hydroxyl groups is 1. The van der Waals surface area contributed by atoms with E-state index in [1.807, 2.05) is 41.0 Å². The van der Waals surface area contributed by atoms with Gasteiger partial charge in [-0.3, -0.25) is 0 Å². The van der Waals surface area contributed by atoms with Gasteiger partial charge in [-0.05, 0) is 23.8 Å². The van der Waals surface area contributed by atoms with E-state index >= 15 is 0 Å². The van der Waals surface area contributed by atoms with Crippen molar-refractivity contribution in [3.05, 3.63) is 65.9 Å². The van der Waals surface area contributed by atoms with E-state index in [1.54, 1.807) is 18.2 Å². The lowest BCUT2D eigenvalue weighted by atomic mass is 10.2. The number of methoxy groups -OCH3 is 1. The Kier molecular flexibility index (Phi) is 3.36. The molecule has 2 aromatic carbocycles. The highest BCUT2D eigenvalue weighted by atomic mass is 16.5. The molecule has 0 spiro atoms. The molecule has 0 fully saturated rings. The molecule has 1 heterocycles. The zero-order chi connectivity index (χ0) is 14.8. The molecule has 1 aromatic heterocycles. The Hall–Kier alpha value is -2.75. The van der Waals surface area contributed by atoms with Crippen LogP contribution < -0.4 is 0 Å². The Balaban J connectivity index is 2.18. The van der Waals surface area contributed by atoms with E-state index in [-0.39, 0.29) is 5.75 Å². The van der Waals surface area contributed by atoms with Crippen LogP contribution in [0.1, 0.15) is 16.1 Å². The van der Waals surface area contributed by atoms with Gasteiger partial charge in [0.05, 0.1) is 12.6 Å². The van der Waals surface area contributed by atoms with Gasteiger partial charge >= 0.3 is 5.97 Å². The lowest BCUT2D eigenvalue weighted by molar-refractivity contribution is 0.0589. The van der Waals surface area contributed by atoms with Crippen molar-refractivity contribution in [2.75, 3.05) is 7.11 Å². The number of hydrogen-bond acceptors (Lipinski definition) is 3. The summed E-state index contributed by atoms with van der Waals surface area (Å²) in [5.74, 6) is -0.258. The van der Waals surface area contributed by atoms with Gasteiger partial charge in [-0.1, -0.05) is 36.4 Å². The van der Waals surface area contributed by atoms with Gasteiger partial charge in [0.2, 0.25) is 0 Å². The average Bonchev–Trinajstić information content (AvgIpc) is 2.88. The molecular weight excluding hydrogens is 266 g/mol. The maximum atomic E-state index is 12.0. The summed E-state index contributed by atoms with van der Waals surface area (Å²) in [6.07, 6.45) is 0. The van der Waals surface area contributed by atoms with Crippen LogP contribution in [0.15, 0.2) is 54.6 Å². The van der Waals surface area contributed by atoms with Crippen LogP contribution >= 0.6 is 0 Å². The summed E-state index contributed by atoms with van der Waals surface area (Å²) < 4.78 is 6.70. The van der Waals surface area contributed by atoms with Crippen molar-refractivity contribution in [2.24, 2.45) is 0 Å². The highest BCUT2D eigenvalue weighted by molar-refractivity contribution is 5.97. The number of carbonyl (C=O) groups excluding carboxylic acids is 1. The van der Waals surface area contributed by atoms with Crippen LogP contribution in [0.25, 0.3) is 10.9 Å². The third kappa shape index (κ3) is 2.36. The molecule has 3 aromatic rings. The second kappa shape index (κ2) is 5.32. The summed E-state index contributed by atoms with van der Waals surface area (Å²) >= 11 is 0. The maximum Gasteiger partial charge on any atom is 0.354 e. The number of phenolic OH excluding ortho intramolecular Hbond substituents is 1. The second-order valence-electron chi connectivity index (χ2n) is 4.80. The monoisotopic (exact) mass is 281 g/mol. The van der Waals surface area contributed by atoms with Gasteiger partial charge in [0, 0.05) is 11.9 Å². The van der Waals surface area contributed by atoms with Gasteiger partial charge in [0.1, 0.15) is 11.4 Å². The maximum absolute atomic E-state index is 12.0. The molecule has 0 unspecified atom stereocenters. The first kappa shape index (κ1) is 13.2. The number of esters is 1. The van der Waals surface area contributed by atoms with Crippen molar-refractivity contribution in [3.8, 4) is 5.75 Å². The first-order chi connectivity index (χ1) is 10.2. The van der Waals surface area contributed by atoms with E-state index in [0.717, 1.165) is 11.1 Å². The minimum absolute atomic E-state index is 0.157. The second-order valence-corrected chi connectivity index (χ2v) is 4.80. The summed E-state index contributed by atoms with van der Waals surface area (Å²) in [7, 11) is 1.35. The van der Waals surface area contributed by atoms with Gasteiger partial charge in [-0.2, -0.15) is 0 Å². The van der Waals surface area contributed by atoms with Crippen molar-refractivity contribution in [2.45, 2.75) is 6.54 Å². The third-order valence-electron chi connectivity index (χ3n) is 3.50. The topological polar surface area (TPSA) is 51.5 Å². The van der Waals surface area contributed by atoms with Gasteiger partial charge in [0.15, 0.2) is 0 Å². The number of benzene rings is 2. The lowest BCUT2D eigenvalue weighted by Crippen LogP contribution is -2.11. The Bertz CT molecular complexity index is 790. The summed E-state index contributed by atoms with van der Waals surface area (Å²) in [5, 5.41) is 10.6. The van der Waals surface area contributed by atoms with Crippen molar-refractivity contribution >= 4 is 16.9 Å². The molecule has 21 heavy (non-hydrogen) atoms. The Morgan fingerprint density at radius 2 is 1.90 bits per heavy atom. The van der Waals surface area contributed by atoms with Gasteiger partial charge in [0.25, 0.3) is 0 Å². The van der Waals surface area contributed by atoms with Crippen LogP contribution in [-0.2, 0) is 11.3 Å². The van der Waals surface area contributed by atoms with E-state index in [2.05, 4.69) is 0 Å². The van der Waals surface area contributed by atoms with Crippen LogP contribution in [0.4, 0.5) is 0 Å². The average molecular weight is 281 g/mol. The molecule has 4 heteroatoms. The Morgan fingerprint density at radius 3 is 2.62 bits per heavy atom. The number of rotatable bonds is 3. The molecule has 0 aliphatic heterocycles. The molecule has 0 bridgehead atoms. The number of ether oxygens (including phenoxy) is 1. The first-order valence-corrected chi connectivity index (χ1v) is 6.64. The van der Waals surface area contributed by atoms with Crippen LogP contribution in [0.5, 0.6) is 5.75 Å². The van der Waals surface area contributed by atoms with Gasteiger partial charge in [-0.25, -0.2) is 4.79 Å². The standard InChI is InChI=1S/C17H15NO3/c1-21-17(20)15-10-13-14(8-5-9-16(13)19)18(15)11-12-6-3-2-4-7-12/h2-10,19H,11H2,1H3. The van der Waals surface area contributed by atoms with Crippen molar-refractivity contribution < 1.29 is 14.6 Å². The number of phenols is 1. The predicted octanol–water partition coefficient (Wildman–Crippen LogP) is 3.18. The fraction of sp³-hybridized carbons (Fsp3) is 0.118. The minimum atomic E-state index is -0.415. The molecular formula is C17H15NO3. The number of carbonyl (C=O) groups is 1. The SMILES string of the molecule is COC(=O)c1cc2c(O)cccc2n1Cc1ccccc1. The molecule has 1 N–H and O–H groups in total. The molecule has 0 saturated heterocycles. The summed E-state index contributed by atoms with van der Waals surface area (Å²) in [4.78, 5) is 12.0. The molecule has 106 valence electrons. The summed E-state index contributed by atoms with van der Waals surface area (Å²) in [6.45, 7) is 0.540. The molecule has 0 aliphatic carbocycles.